The number of rotatable bonds is 6. The number of thioether (sulfide) groups is 1. The number of hydrogen-bond acceptors (Lipinski definition) is 5. The lowest BCUT2D eigenvalue weighted by Gasteiger charge is -2.15. The molecule has 2 aromatic carbocycles. The highest BCUT2D eigenvalue weighted by atomic mass is 32.2. The van der Waals surface area contributed by atoms with E-state index in [9.17, 15) is 4.79 Å². The fraction of sp³-hybridized carbons (Fsp3) is 0.238. The molecule has 0 spiro atoms. The van der Waals surface area contributed by atoms with Crippen LogP contribution >= 0.6 is 23.1 Å². The number of amides is 1. The van der Waals surface area contributed by atoms with Crippen molar-refractivity contribution in [3.63, 3.8) is 0 Å². The average molecular weight is 398 g/mol. The second-order valence-electron chi connectivity index (χ2n) is 6.27. The van der Waals surface area contributed by atoms with E-state index in [1.807, 2.05) is 56.1 Å². The van der Waals surface area contributed by atoms with E-state index in [2.05, 4.69) is 40.8 Å². The fourth-order valence-electron chi connectivity index (χ4n) is 2.74. The predicted molar refractivity (Wildman–Crippen MR) is 115 cm³/mol. The lowest BCUT2D eigenvalue weighted by Crippen LogP contribution is -2.26. The molecule has 6 heteroatoms. The molecular weight excluding hydrogens is 374 g/mol. The van der Waals surface area contributed by atoms with Crippen LogP contribution in [0.5, 0.6) is 0 Å². The van der Waals surface area contributed by atoms with Crippen LogP contribution in [-0.2, 0) is 0 Å². The molecule has 1 aromatic heterocycles. The summed E-state index contributed by atoms with van der Waals surface area (Å²) in [5.41, 5.74) is 2.88. The molecule has 1 atom stereocenters. The van der Waals surface area contributed by atoms with E-state index in [-0.39, 0.29) is 11.9 Å². The highest BCUT2D eigenvalue weighted by Crippen LogP contribution is 2.30. The number of nitrogens with one attached hydrogen (secondary N) is 1. The Labute approximate surface area is 168 Å². The summed E-state index contributed by atoms with van der Waals surface area (Å²) >= 11 is 3.12. The lowest BCUT2D eigenvalue weighted by molar-refractivity contribution is 0.0943. The van der Waals surface area contributed by atoms with Crippen LogP contribution in [0, 0.1) is 6.92 Å². The Morgan fingerprint density at radius 2 is 1.81 bits per heavy atom. The van der Waals surface area contributed by atoms with Gasteiger partial charge in [0, 0.05) is 17.6 Å². The van der Waals surface area contributed by atoms with Gasteiger partial charge in [-0.1, -0.05) is 41.7 Å². The van der Waals surface area contributed by atoms with Gasteiger partial charge in [-0.25, -0.2) is 4.98 Å². The van der Waals surface area contributed by atoms with Crippen LogP contribution in [0.2, 0.25) is 0 Å². The predicted octanol–water partition coefficient (Wildman–Crippen LogP) is 5.43. The number of carbonyl (C=O) groups excluding carboxylic acids is 1. The molecule has 3 rings (SSSR count). The van der Waals surface area contributed by atoms with Crippen molar-refractivity contribution < 1.29 is 4.79 Å². The van der Waals surface area contributed by atoms with Crippen molar-refractivity contribution in [2.75, 3.05) is 18.2 Å². The normalized spacial score (nSPS) is 11.9. The molecule has 4 nitrogen and oxygen atoms in total. The van der Waals surface area contributed by atoms with E-state index < -0.39 is 0 Å². The van der Waals surface area contributed by atoms with Gasteiger partial charge in [0.25, 0.3) is 5.91 Å². The van der Waals surface area contributed by atoms with Crippen LogP contribution in [0.4, 0.5) is 10.8 Å². The summed E-state index contributed by atoms with van der Waals surface area (Å²) in [5, 5.41) is 3.90. The molecule has 1 unspecified atom stereocenters. The van der Waals surface area contributed by atoms with E-state index in [1.165, 1.54) is 16.2 Å². The number of benzene rings is 2. The maximum atomic E-state index is 12.8. The molecule has 140 valence electrons. The van der Waals surface area contributed by atoms with Crippen molar-refractivity contribution >= 4 is 39.8 Å². The molecule has 27 heavy (non-hydrogen) atoms. The molecule has 1 amide bonds. The van der Waals surface area contributed by atoms with Crippen LogP contribution in [0.15, 0.2) is 59.5 Å². The minimum Gasteiger partial charge on any atom is -0.345 e. The molecule has 1 heterocycles. The van der Waals surface area contributed by atoms with Gasteiger partial charge in [-0.3, -0.25) is 4.79 Å². The van der Waals surface area contributed by atoms with Crippen molar-refractivity contribution in [1.82, 2.24) is 10.3 Å². The summed E-state index contributed by atoms with van der Waals surface area (Å²) in [6, 6.07) is 18.2. The van der Waals surface area contributed by atoms with E-state index in [0.717, 1.165) is 22.1 Å². The highest BCUT2D eigenvalue weighted by molar-refractivity contribution is 7.98. The molecule has 0 fully saturated rings. The van der Waals surface area contributed by atoms with Gasteiger partial charge < -0.3 is 10.2 Å². The second kappa shape index (κ2) is 8.59. The second-order valence-corrected chi connectivity index (χ2v) is 8.13. The fourth-order valence-corrected chi connectivity index (χ4v) is 4.10. The van der Waals surface area contributed by atoms with Crippen LogP contribution < -0.4 is 10.2 Å². The molecule has 1 N–H and O–H groups in total. The molecule has 0 bridgehead atoms. The third kappa shape index (κ3) is 4.51. The Morgan fingerprint density at radius 1 is 1.15 bits per heavy atom. The maximum Gasteiger partial charge on any atom is 0.263 e. The van der Waals surface area contributed by atoms with Gasteiger partial charge in [-0.15, -0.1) is 11.8 Å². The third-order valence-electron chi connectivity index (χ3n) is 4.39. The molecule has 0 saturated heterocycles. The standard InChI is InChI=1S/C21H23N3OS2/c1-14(16-10-12-18(26-4)13-11-16)22-20(25)19-15(2)23-21(27-19)24(3)17-8-6-5-7-9-17/h5-14H,1-4H3,(H,22,25). The topological polar surface area (TPSA) is 45.2 Å². The van der Waals surface area contributed by atoms with Crippen molar-refractivity contribution in [2.24, 2.45) is 0 Å². The largest absolute Gasteiger partial charge is 0.345 e. The van der Waals surface area contributed by atoms with Gasteiger partial charge in [-0.2, -0.15) is 0 Å². The van der Waals surface area contributed by atoms with Crippen molar-refractivity contribution in [3.05, 3.63) is 70.7 Å². The van der Waals surface area contributed by atoms with E-state index in [0.29, 0.717) is 4.88 Å². The molecule has 0 radical (unpaired) electrons. The van der Waals surface area contributed by atoms with Gasteiger partial charge in [0.1, 0.15) is 4.88 Å². The van der Waals surface area contributed by atoms with Crippen LogP contribution in [0.1, 0.15) is 33.9 Å². The Balaban J connectivity index is 1.74. The van der Waals surface area contributed by atoms with Gasteiger partial charge >= 0.3 is 0 Å². The zero-order chi connectivity index (χ0) is 19.4. The van der Waals surface area contributed by atoms with Crippen molar-refractivity contribution in [1.29, 1.82) is 0 Å². The number of nitrogens with zero attached hydrogens (tertiary/aromatic N) is 2. The number of aryl methyl sites for hydroxylation is 1. The first-order chi connectivity index (χ1) is 13.0. The Morgan fingerprint density at radius 3 is 2.44 bits per heavy atom. The molecule has 0 saturated carbocycles. The summed E-state index contributed by atoms with van der Waals surface area (Å²) in [4.78, 5) is 21.2. The minimum absolute atomic E-state index is 0.0646. The van der Waals surface area contributed by atoms with Gasteiger partial charge in [0.05, 0.1) is 11.7 Å². The Bertz CT molecular complexity index is 907. The first kappa shape index (κ1) is 19.5. The SMILES string of the molecule is CSc1ccc(C(C)NC(=O)c2sc(N(C)c3ccccc3)nc2C)cc1. The Hall–Kier alpha value is -2.31. The molecular formula is C21H23N3OS2. The van der Waals surface area contributed by atoms with Gasteiger partial charge in [0.15, 0.2) is 5.13 Å². The summed E-state index contributed by atoms with van der Waals surface area (Å²) in [7, 11) is 1.96. The quantitative estimate of drug-likeness (QED) is 0.563. The number of anilines is 2. The zero-order valence-corrected chi connectivity index (χ0v) is 17.5. The van der Waals surface area contributed by atoms with E-state index in [1.54, 1.807) is 11.8 Å². The van der Waals surface area contributed by atoms with Crippen LogP contribution in [0.3, 0.4) is 0 Å². The molecule has 0 aliphatic carbocycles. The smallest absolute Gasteiger partial charge is 0.263 e. The minimum atomic E-state index is -0.0841. The Kier molecular flexibility index (Phi) is 6.19. The summed E-state index contributed by atoms with van der Waals surface area (Å²) in [6.45, 7) is 3.88. The molecule has 0 aliphatic rings. The first-order valence-corrected chi connectivity index (χ1v) is 10.7. The first-order valence-electron chi connectivity index (χ1n) is 8.70. The van der Waals surface area contributed by atoms with Gasteiger partial charge in [0.2, 0.25) is 0 Å². The monoisotopic (exact) mass is 397 g/mol. The number of aromatic nitrogens is 1. The summed E-state index contributed by atoms with van der Waals surface area (Å²) in [5.74, 6) is -0.0841. The number of thiazole rings is 1. The van der Waals surface area contributed by atoms with Crippen molar-refractivity contribution in [3.8, 4) is 0 Å². The molecule has 3 aromatic rings. The average Bonchev–Trinajstić information content (AvgIpc) is 3.10. The summed E-state index contributed by atoms with van der Waals surface area (Å²) < 4.78 is 0. The van der Waals surface area contributed by atoms with Crippen molar-refractivity contribution in [2.45, 2.75) is 24.8 Å². The van der Waals surface area contributed by atoms with E-state index in [4.69, 9.17) is 0 Å². The number of hydrogen-bond donors (Lipinski definition) is 1. The van der Waals surface area contributed by atoms with Crippen LogP contribution in [-0.4, -0.2) is 24.2 Å². The van der Waals surface area contributed by atoms with Crippen LogP contribution in [0.25, 0.3) is 0 Å². The maximum absolute atomic E-state index is 12.8. The zero-order valence-electron chi connectivity index (χ0n) is 15.9. The van der Waals surface area contributed by atoms with E-state index >= 15 is 0 Å². The lowest BCUT2D eigenvalue weighted by atomic mass is 10.1. The summed E-state index contributed by atoms with van der Waals surface area (Å²) in [6.07, 6.45) is 2.05. The number of para-hydroxylation sites is 1. The third-order valence-corrected chi connectivity index (χ3v) is 6.36. The highest BCUT2D eigenvalue weighted by Gasteiger charge is 2.19. The van der Waals surface area contributed by atoms with Gasteiger partial charge in [-0.05, 0) is 49.9 Å². The number of carbonyl (C=O) groups is 1. The molecule has 0 aliphatic heterocycles.